The Hall–Kier alpha value is -1.10. The van der Waals surface area contributed by atoms with E-state index in [1.54, 1.807) is 20.8 Å². The first kappa shape index (κ1) is 14.4. The first-order chi connectivity index (χ1) is 5.93. The van der Waals surface area contributed by atoms with Crippen LogP contribution in [0.2, 0.25) is 0 Å². The fraction of sp³-hybridized carbons (Fsp3) is 0.750. The molecule has 0 aromatic rings. The Labute approximate surface area is 77.3 Å². The summed E-state index contributed by atoms with van der Waals surface area (Å²) in [6, 6.07) is 0. The Balaban J connectivity index is 0. The first-order valence-electron chi connectivity index (χ1n) is 3.96. The molecule has 5 heteroatoms. The van der Waals surface area contributed by atoms with Crippen LogP contribution >= 0.6 is 0 Å². The smallest absolute Gasteiger partial charge is 0.317 e. The predicted octanol–water partition coefficient (Wildman–Crippen LogP) is 0.411. The van der Waals surface area contributed by atoms with Crippen molar-refractivity contribution in [3.8, 4) is 0 Å². The zero-order valence-electron chi connectivity index (χ0n) is 8.11. The summed E-state index contributed by atoms with van der Waals surface area (Å²) in [5.41, 5.74) is 0. The van der Waals surface area contributed by atoms with Crippen molar-refractivity contribution in [2.75, 3.05) is 6.61 Å². The summed E-state index contributed by atoms with van der Waals surface area (Å²) >= 11 is 0. The highest BCUT2D eigenvalue weighted by atomic mass is 16.5. The van der Waals surface area contributed by atoms with Crippen molar-refractivity contribution in [3.63, 3.8) is 0 Å². The van der Waals surface area contributed by atoms with Gasteiger partial charge in [-0.05, 0) is 20.8 Å². The Morgan fingerprint density at radius 2 is 1.77 bits per heavy atom. The Kier molecular flexibility index (Phi) is 9.98. The van der Waals surface area contributed by atoms with E-state index in [2.05, 4.69) is 4.74 Å². The number of hydrogen-bond acceptors (Lipinski definition) is 4. The lowest BCUT2D eigenvalue weighted by atomic mass is 10.4. The van der Waals surface area contributed by atoms with Crippen LogP contribution in [0.3, 0.4) is 0 Å². The van der Waals surface area contributed by atoms with Crippen LogP contribution in [0, 0.1) is 0 Å². The molecule has 0 atom stereocenters. The molecule has 5 nitrogen and oxygen atoms in total. The lowest BCUT2D eigenvalue weighted by molar-refractivity contribution is -0.153. The highest BCUT2D eigenvalue weighted by Crippen LogP contribution is 1.92. The number of ether oxygens (including phenoxy) is 1. The third-order valence-corrected chi connectivity index (χ3v) is 0.663. The van der Waals surface area contributed by atoms with Gasteiger partial charge in [0.25, 0.3) is 0 Å². The van der Waals surface area contributed by atoms with Crippen molar-refractivity contribution in [1.82, 2.24) is 0 Å². The third kappa shape index (κ3) is 18.1. The largest absolute Gasteiger partial charge is 0.481 e. The summed E-state index contributed by atoms with van der Waals surface area (Å²) in [5, 5.41) is 15.7. The van der Waals surface area contributed by atoms with Gasteiger partial charge in [-0.2, -0.15) is 0 Å². The van der Waals surface area contributed by atoms with E-state index in [9.17, 15) is 9.59 Å². The molecule has 0 heterocycles. The molecule has 0 fully saturated rings. The third-order valence-electron chi connectivity index (χ3n) is 0.663. The molecule has 0 unspecified atom stereocenters. The van der Waals surface area contributed by atoms with E-state index in [0.717, 1.165) is 0 Å². The maximum atomic E-state index is 10.5. The standard InChI is InChI=1S/C6H10O4.C2H6O/c1-4(2)10-6(9)3-5(7)8;1-2-3/h4H,3H2,1-2H3,(H,7,8);3H,2H2,1H3. The van der Waals surface area contributed by atoms with Gasteiger partial charge in [-0.3, -0.25) is 9.59 Å². The van der Waals surface area contributed by atoms with Gasteiger partial charge in [0.2, 0.25) is 0 Å². The Morgan fingerprint density at radius 1 is 1.38 bits per heavy atom. The van der Waals surface area contributed by atoms with Crippen molar-refractivity contribution in [2.24, 2.45) is 0 Å². The fourth-order valence-electron chi connectivity index (χ4n) is 0.428. The Bertz CT molecular complexity index is 153. The van der Waals surface area contributed by atoms with Crippen molar-refractivity contribution < 1.29 is 24.5 Å². The summed E-state index contributed by atoms with van der Waals surface area (Å²) in [5.74, 6) is -1.85. The van der Waals surface area contributed by atoms with Crippen LogP contribution < -0.4 is 0 Å². The topological polar surface area (TPSA) is 83.8 Å². The van der Waals surface area contributed by atoms with Crippen LogP contribution in [0.4, 0.5) is 0 Å². The Morgan fingerprint density at radius 3 is 2.00 bits per heavy atom. The number of aliphatic carboxylic acids is 1. The summed E-state index contributed by atoms with van der Waals surface area (Å²) in [4.78, 5) is 20.4. The first-order valence-corrected chi connectivity index (χ1v) is 3.96. The van der Waals surface area contributed by atoms with Crippen LogP contribution in [-0.2, 0) is 14.3 Å². The molecular weight excluding hydrogens is 176 g/mol. The highest BCUT2D eigenvalue weighted by Gasteiger charge is 2.09. The second-order valence-electron chi connectivity index (χ2n) is 2.43. The van der Waals surface area contributed by atoms with Gasteiger partial charge in [-0.25, -0.2) is 0 Å². The van der Waals surface area contributed by atoms with E-state index < -0.39 is 18.4 Å². The second kappa shape index (κ2) is 8.99. The average Bonchev–Trinajstić information content (AvgIpc) is 1.83. The maximum Gasteiger partial charge on any atom is 0.317 e. The molecule has 13 heavy (non-hydrogen) atoms. The van der Waals surface area contributed by atoms with Gasteiger partial charge >= 0.3 is 11.9 Å². The SMILES string of the molecule is CC(C)OC(=O)CC(=O)O.CCO. The monoisotopic (exact) mass is 192 g/mol. The number of esters is 1. The number of carbonyl (C=O) groups excluding carboxylic acids is 1. The van der Waals surface area contributed by atoms with Gasteiger partial charge in [-0.1, -0.05) is 0 Å². The number of hydrogen-bond donors (Lipinski definition) is 2. The van der Waals surface area contributed by atoms with Gasteiger partial charge in [0.15, 0.2) is 0 Å². The van der Waals surface area contributed by atoms with Gasteiger partial charge < -0.3 is 14.9 Å². The van der Waals surface area contributed by atoms with E-state index >= 15 is 0 Å². The minimum atomic E-state index is -1.16. The minimum Gasteiger partial charge on any atom is -0.481 e. The van der Waals surface area contributed by atoms with E-state index in [0.29, 0.717) is 0 Å². The number of aliphatic hydroxyl groups is 1. The molecule has 78 valence electrons. The fourth-order valence-corrected chi connectivity index (χ4v) is 0.428. The molecule has 0 aliphatic carbocycles. The molecule has 0 aliphatic rings. The lowest BCUT2D eigenvalue weighted by Crippen LogP contribution is -2.14. The summed E-state index contributed by atoms with van der Waals surface area (Å²) < 4.78 is 4.54. The molecule has 0 aliphatic heterocycles. The van der Waals surface area contributed by atoms with Gasteiger partial charge in [0.05, 0.1) is 6.10 Å². The van der Waals surface area contributed by atoms with Crippen LogP contribution in [0.1, 0.15) is 27.2 Å². The molecule has 0 spiro atoms. The number of rotatable bonds is 3. The van der Waals surface area contributed by atoms with Crippen molar-refractivity contribution in [3.05, 3.63) is 0 Å². The van der Waals surface area contributed by atoms with E-state index in [1.807, 2.05) is 0 Å². The highest BCUT2D eigenvalue weighted by molar-refractivity contribution is 5.90. The molecule has 0 aromatic carbocycles. The molecule has 0 rings (SSSR count). The molecule has 0 radical (unpaired) electrons. The zero-order chi connectivity index (χ0) is 10.9. The molecule has 0 amide bonds. The number of carbonyl (C=O) groups is 2. The molecule has 0 saturated heterocycles. The van der Waals surface area contributed by atoms with Crippen LogP contribution in [0.5, 0.6) is 0 Å². The van der Waals surface area contributed by atoms with Crippen molar-refractivity contribution in [1.29, 1.82) is 0 Å². The molecule has 0 saturated carbocycles. The molecular formula is C8H16O5. The second-order valence-corrected chi connectivity index (χ2v) is 2.43. The quantitative estimate of drug-likeness (QED) is 0.500. The number of carboxylic acids is 1. The zero-order valence-corrected chi connectivity index (χ0v) is 8.11. The van der Waals surface area contributed by atoms with Gasteiger partial charge in [0.1, 0.15) is 6.42 Å². The predicted molar refractivity (Wildman–Crippen MR) is 46.2 cm³/mol. The van der Waals surface area contributed by atoms with Gasteiger partial charge in [0, 0.05) is 6.61 Å². The molecule has 0 bridgehead atoms. The van der Waals surface area contributed by atoms with Crippen LogP contribution in [-0.4, -0.2) is 34.9 Å². The minimum absolute atomic E-state index is 0.244. The van der Waals surface area contributed by atoms with Crippen molar-refractivity contribution in [2.45, 2.75) is 33.3 Å². The lowest BCUT2D eigenvalue weighted by Gasteiger charge is -2.04. The number of carboxylic acid groups (broad SMARTS) is 1. The molecule has 2 N–H and O–H groups in total. The maximum absolute atomic E-state index is 10.5. The summed E-state index contributed by atoms with van der Waals surface area (Å²) in [6.07, 6.45) is -0.801. The normalized spacial score (nSPS) is 8.69. The molecule has 0 aromatic heterocycles. The number of aliphatic hydroxyl groups excluding tert-OH is 1. The van der Waals surface area contributed by atoms with Crippen LogP contribution in [0.15, 0.2) is 0 Å². The van der Waals surface area contributed by atoms with Gasteiger partial charge in [-0.15, -0.1) is 0 Å². The van der Waals surface area contributed by atoms with E-state index in [4.69, 9.17) is 10.2 Å². The van der Waals surface area contributed by atoms with Crippen molar-refractivity contribution >= 4 is 11.9 Å². The summed E-state index contributed by atoms with van der Waals surface area (Å²) in [6.45, 7) is 5.26. The van der Waals surface area contributed by atoms with E-state index in [1.165, 1.54) is 0 Å². The summed E-state index contributed by atoms with van der Waals surface area (Å²) in [7, 11) is 0. The van der Waals surface area contributed by atoms with E-state index in [-0.39, 0.29) is 12.7 Å². The average molecular weight is 192 g/mol. The van der Waals surface area contributed by atoms with Crippen LogP contribution in [0.25, 0.3) is 0 Å².